The van der Waals surface area contributed by atoms with Crippen molar-refractivity contribution in [1.29, 1.82) is 0 Å². The molecule has 0 aliphatic heterocycles. The van der Waals surface area contributed by atoms with Gasteiger partial charge < -0.3 is 10.4 Å². The molecule has 1 fully saturated rings. The van der Waals surface area contributed by atoms with Crippen LogP contribution in [0.25, 0.3) is 0 Å². The van der Waals surface area contributed by atoms with Gasteiger partial charge in [0.25, 0.3) is 0 Å². The summed E-state index contributed by atoms with van der Waals surface area (Å²) in [5.41, 5.74) is 2.39. The Balaban J connectivity index is 1.45. The minimum absolute atomic E-state index is 0.420. The van der Waals surface area contributed by atoms with E-state index < -0.39 is 6.10 Å². The third-order valence-electron chi connectivity index (χ3n) is 4.24. The van der Waals surface area contributed by atoms with Crippen molar-refractivity contribution < 1.29 is 5.11 Å². The number of benzene rings is 2. The summed E-state index contributed by atoms with van der Waals surface area (Å²) in [7, 11) is 0. The first-order chi connectivity index (χ1) is 10.2. The molecule has 0 amide bonds. The molecule has 2 N–H and O–H groups in total. The van der Waals surface area contributed by atoms with E-state index >= 15 is 0 Å². The molecule has 0 aromatic heterocycles. The van der Waals surface area contributed by atoms with Gasteiger partial charge >= 0.3 is 0 Å². The maximum atomic E-state index is 10.1. The van der Waals surface area contributed by atoms with Gasteiger partial charge in [0.1, 0.15) is 0 Å². The molecule has 2 nitrogen and oxygen atoms in total. The molecule has 1 saturated carbocycles. The quantitative estimate of drug-likeness (QED) is 0.857. The van der Waals surface area contributed by atoms with Gasteiger partial charge in [0, 0.05) is 17.1 Å². The van der Waals surface area contributed by atoms with Gasteiger partial charge in [0.2, 0.25) is 0 Å². The van der Waals surface area contributed by atoms with Gasteiger partial charge in [-0.3, -0.25) is 0 Å². The number of rotatable bonds is 5. The summed E-state index contributed by atoms with van der Waals surface area (Å²) >= 11 is 3.53. The Morgan fingerprint density at radius 3 is 2.57 bits per heavy atom. The average Bonchev–Trinajstić information content (AvgIpc) is 2.46. The fourth-order valence-electron chi connectivity index (χ4n) is 2.89. The molecule has 0 bridgehead atoms. The van der Waals surface area contributed by atoms with Crippen LogP contribution in [-0.4, -0.2) is 17.7 Å². The van der Waals surface area contributed by atoms with Crippen molar-refractivity contribution in [3.63, 3.8) is 0 Å². The van der Waals surface area contributed by atoms with Crippen molar-refractivity contribution in [1.82, 2.24) is 5.32 Å². The van der Waals surface area contributed by atoms with E-state index in [1.807, 2.05) is 30.3 Å². The topological polar surface area (TPSA) is 32.3 Å². The van der Waals surface area contributed by atoms with Gasteiger partial charge in [0.05, 0.1) is 6.10 Å². The maximum Gasteiger partial charge on any atom is 0.0914 e. The zero-order valence-electron chi connectivity index (χ0n) is 11.9. The fourth-order valence-corrected chi connectivity index (χ4v) is 3.31. The Morgan fingerprint density at radius 1 is 1.10 bits per heavy atom. The third kappa shape index (κ3) is 3.73. The maximum absolute atomic E-state index is 10.1. The molecule has 1 atom stereocenters. The van der Waals surface area contributed by atoms with E-state index in [0.717, 1.165) is 22.9 Å². The normalized spacial score (nSPS) is 22.6. The van der Waals surface area contributed by atoms with Crippen molar-refractivity contribution >= 4 is 15.9 Å². The lowest BCUT2D eigenvalue weighted by molar-refractivity contribution is 0.157. The minimum Gasteiger partial charge on any atom is -0.387 e. The Labute approximate surface area is 134 Å². The number of hydrogen-bond donors (Lipinski definition) is 2. The Bertz CT molecular complexity index is 581. The summed E-state index contributed by atoms with van der Waals surface area (Å²) in [6.45, 7) is 0.625. The van der Waals surface area contributed by atoms with E-state index in [9.17, 15) is 5.11 Å². The van der Waals surface area contributed by atoms with Gasteiger partial charge in [0.15, 0.2) is 0 Å². The first kappa shape index (κ1) is 14.8. The van der Waals surface area contributed by atoms with E-state index in [0.29, 0.717) is 18.5 Å². The third-order valence-corrected chi connectivity index (χ3v) is 4.74. The number of aliphatic hydroxyl groups excluding tert-OH is 1. The van der Waals surface area contributed by atoms with E-state index in [1.165, 1.54) is 5.56 Å². The van der Waals surface area contributed by atoms with Crippen LogP contribution in [0.5, 0.6) is 0 Å². The van der Waals surface area contributed by atoms with Crippen LogP contribution < -0.4 is 5.32 Å². The number of nitrogens with one attached hydrogen (secondary N) is 1. The predicted octanol–water partition coefficient (Wildman–Crippen LogP) is 4.02. The highest BCUT2D eigenvalue weighted by atomic mass is 79.9. The molecular weight excluding hydrogens is 326 g/mol. The van der Waals surface area contributed by atoms with Gasteiger partial charge in [-0.25, -0.2) is 0 Å². The van der Waals surface area contributed by atoms with Gasteiger partial charge in [-0.2, -0.15) is 0 Å². The minimum atomic E-state index is -0.420. The van der Waals surface area contributed by atoms with Crippen LogP contribution in [0, 0.1) is 0 Å². The van der Waals surface area contributed by atoms with E-state index in [2.05, 4.69) is 45.5 Å². The van der Waals surface area contributed by atoms with Crippen LogP contribution >= 0.6 is 15.9 Å². The first-order valence-electron chi connectivity index (χ1n) is 7.44. The Hall–Kier alpha value is -1.16. The van der Waals surface area contributed by atoms with E-state index in [-0.39, 0.29) is 0 Å². The lowest BCUT2D eigenvalue weighted by atomic mass is 9.76. The standard InChI is InChI=1S/C18H20BrNO/c19-16-8-4-7-14(9-16)15-10-17(11-15)20-12-18(21)13-5-2-1-3-6-13/h1-9,15,17-18,20-21H,10-12H2. The Morgan fingerprint density at radius 2 is 1.86 bits per heavy atom. The van der Waals surface area contributed by atoms with Crippen molar-refractivity contribution in [2.75, 3.05) is 6.54 Å². The molecule has 1 aliphatic rings. The second-order valence-corrected chi connectivity index (χ2v) is 6.67. The summed E-state index contributed by atoms with van der Waals surface area (Å²) < 4.78 is 1.15. The van der Waals surface area contributed by atoms with Crippen molar-refractivity contribution in [2.45, 2.75) is 30.9 Å². The molecule has 0 saturated heterocycles. The number of aliphatic hydroxyl groups is 1. The lowest BCUT2D eigenvalue weighted by Crippen LogP contribution is -2.41. The fraction of sp³-hybridized carbons (Fsp3) is 0.333. The van der Waals surface area contributed by atoms with Crippen LogP contribution in [0.15, 0.2) is 59.1 Å². The summed E-state index contributed by atoms with van der Waals surface area (Å²) in [6.07, 6.45) is 1.88. The van der Waals surface area contributed by atoms with Crippen LogP contribution in [0.4, 0.5) is 0 Å². The van der Waals surface area contributed by atoms with Crippen molar-refractivity contribution in [3.05, 3.63) is 70.2 Å². The van der Waals surface area contributed by atoms with Gasteiger partial charge in [-0.1, -0.05) is 58.4 Å². The monoisotopic (exact) mass is 345 g/mol. The first-order valence-corrected chi connectivity index (χ1v) is 8.23. The molecule has 110 valence electrons. The molecule has 21 heavy (non-hydrogen) atoms. The molecule has 1 aliphatic carbocycles. The second-order valence-electron chi connectivity index (χ2n) is 5.75. The zero-order valence-corrected chi connectivity index (χ0v) is 13.5. The summed E-state index contributed by atoms with van der Waals surface area (Å²) in [4.78, 5) is 0. The lowest BCUT2D eigenvalue weighted by Gasteiger charge is -2.37. The highest BCUT2D eigenvalue weighted by Gasteiger charge is 2.30. The number of halogens is 1. The van der Waals surface area contributed by atoms with Crippen molar-refractivity contribution in [3.8, 4) is 0 Å². The molecule has 0 spiro atoms. The summed E-state index contributed by atoms with van der Waals surface area (Å²) in [5, 5.41) is 13.6. The Kier molecular flexibility index (Phi) is 4.73. The molecule has 0 radical (unpaired) electrons. The highest BCUT2D eigenvalue weighted by Crippen LogP contribution is 2.37. The number of hydrogen-bond acceptors (Lipinski definition) is 2. The molecule has 1 unspecified atom stereocenters. The van der Waals surface area contributed by atoms with Crippen LogP contribution in [-0.2, 0) is 0 Å². The van der Waals surface area contributed by atoms with Crippen LogP contribution in [0.1, 0.15) is 36.0 Å². The van der Waals surface area contributed by atoms with Crippen LogP contribution in [0.2, 0.25) is 0 Å². The van der Waals surface area contributed by atoms with Gasteiger partial charge in [-0.05, 0) is 42.0 Å². The SMILES string of the molecule is OC(CNC1CC(c2cccc(Br)c2)C1)c1ccccc1. The van der Waals surface area contributed by atoms with Crippen LogP contribution in [0.3, 0.4) is 0 Å². The van der Waals surface area contributed by atoms with Crippen molar-refractivity contribution in [2.24, 2.45) is 0 Å². The molecule has 2 aromatic rings. The highest BCUT2D eigenvalue weighted by molar-refractivity contribution is 9.10. The zero-order chi connectivity index (χ0) is 14.7. The second kappa shape index (κ2) is 6.73. The van der Waals surface area contributed by atoms with Gasteiger partial charge in [-0.15, -0.1) is 0 Å². The molecule has 3 rings (SSSR count). The predicted molar refractivity (Wildman–Crippen MR) is 89.3 cm³/mol. The molecule has 2 aromatic carbocycles. The summed E-state index contributed by atoms with van der Waals surface area (Å²) in [5.74, 6) is 0.647. The summed E-state index contributed by atoms with van der Waals surface area (Å²) in [6, 6.07) is 18.9. The average molecular weight is 346 g/mol. The molecular formula is C18H20BrNO. The molecule has 0 heterocycles. The van der Waals surface area contributed by atoms with E-state index in [4.69, 9.17) is 0 Å². The largest absolute Gasteiger partial charge is 0.387 e. The smallest absolute Gasteiger partial charge is 0.0914 e. The molecule has 3 heteroatoms. The van der Waals surface area contributed by atoms with E-state index in [1.54, 1.807) is 0 Å².